The summed E-state index contributed by atoms with van der Waals surface area (Å²) in [6.07, 6.45) is 2.58. The molecule has 0 radical (unpaired) electrons. The van der Waals surface area contributed by atoms with E-state index in [0.717, 1.165) is 11.1 Å². The van der Waals surface area contributed by atoms with Gasteiger partial charge in [0.2, 0.25) is 10.0 Å². The van der Waals surface area contributed by atoms with E-state index in [0.29, 0.717) is 34.1 Å². The molecule has 9 heteroatoms. The third-order valence-corrected chi connectivity index (χ3v) is 6.49. The molecule has 0 saturated carbocycles. The van der Waals surface area contributed by atoms with Gasteiger partial charge in [0.1, 0.15) is 16.2 Å². The first-order valence-corrected chi connectivity index (χ1v) is 11.0. The number of rotatable bonds is 6. The summed E-state index contributed by atoms with van der Waals surface area (Å²) < 4.78 is 34.0. The standard InChI is InChI=1S/C17H22N4O3S2/c1-6-9(2)21-26(22,23)14-8-12(15-10(3)20-24-11(15)4)7-13-16(14)19-17(18-13)25-5/h7-9,21H,6H2,1-5H3,(H,18,19). The number of aromatic nitrogens is 3. The molecule has 0 aliphatic rings. The Kier molecular flexibility index (Phi) is 5.14. The third-order valence-electron chi connectivity index (χ3n) is 4.30. The second kappa shape index (κ2) is 7.05. The first-order chi connectivity index (χ1) is 12.3. The molecule has 140 valence electrons. The first kappa shape index (κ1) is 18.9. The molecule has 26 heavy (non-hydrogen) atoms. The van der Waals surface area contributed by atoms with Crippen LogP contribution in [-0.2, 0) is 10.0 Å². The lowest BCUT2D eigenvalue weighted by Crippen LogP contribution is -2.32. The number of fused-ring (bicyclic) bond motifs is 1. The van der Waals surface area contributed by atoms with Gasteiger partial charge in [-0.1, -0.05) is 23.8 Å². The van der Waals surface area contributed by atoms with E-state index in [2.05, 4.69) is 19.8 Å². The van der Waals surface area contributed by atoms with Crippen LogP contribution in [0.15, 0.2) is 26.7 Å². The van der Waals surface area contributed by atoms with Gasteiger partial charge in [-0.2, -0.15) is 0 Å². The summed E-state index contributed by atoms with van der Waals surface area (Å²) in [6, 6.07) is 3.36. The van der Waals surface area contributed by atoms with Crippen LogP contribution in [0.2, 0.25) is 0 Å². The zero-order valence-electron chi connectivity index (χ0n) is 15.4. The summed E-state index contributed by atoms with van der Waals surface area (Å²) in [5.74, 6) is 0.643. The highest BCUT2D eigenvalue weighted by Crippen LogP contribution is 2.33. The van der Waals surface area contributed by atoms with Gasteiger partial charge in [-0.05, 0) is 51.1 Å². The second-order valence-corrected chi connectivity index (χ2v) is 8.72. The summed E-state index contributed by atoms with van der Waals surface area (Å²) in [5, 5.41) is 4.64. The van der Waals surface area contributed by atoms with Crippen molar-refractivity contribution in [2.45, 2.75) is 50.2 Å². The fourth-order valence-corrected chi connectivity index (χ4v) is 4.73. The quantitative estimate of drug-likeness (QED) is 0.619. The van der Waals surface area contributed by atoms with Crippen LogP contribution in [0, 0.1) is 13.8 Å². The van der Waals surface area contributed by atoms with Crippen molar-refractivity contribution < 1.29 is 12.9 Å². The number of sulfonamides is 1. The highest BCUT2D eigenvalue weighted by Gasteiger charge is 2.24. The zero-order chi connectivity index (χ0) is 19.1. The van der Waals surface area contributed by atoms with Crippen molar-refractivity contribution in [1.29, 1.82) is 0 Å². The minimum atomic E-state index is -3.73. The number of hydrogen-bond acceptors (Lipinski definition) is 6. The Balaban J connectivity index is 2.28. The Labute approximate surface area is 157 Å². The molecule has 0 aliphatic heterocycles. The SMILES string of the molecule is CCC(C)NS(=O)(=O)c1cc(-c2c(C)noc2C)cc2[nH]c(SC)nc12. The number of hydrogen-bond donors (Lipinski definition) is 2. The number of nitrogens with one attached hydrogen (secondary N) is 2. The molecular weight excluding hydrogens is 372 g/mol. The van der Waals surface area contributed by atoms with Crippen molar-refractivity contribution in [3.63, 3.8) is 0 Å². The number of imidazole rings is 1. The summed E-state index contributed by atoms with van der Waals surface area (Å²) in [4.78, 5) is 7.78. The molecule has 3 aromatic rings. The Morgan fingerprint density at radius 1 is 1.35 bits per heavy atom. The van der Waals surface area contributed by atoms with Crippen LogP contribution in [0.1, 0.15) is 31.7 Å². The van der Waals surface area contributed by atoms with Gasteiger partial charge >= 0.3 is 0 Å². The first-order valence-electron chi connectivity index (χ1n) is 8.30. The van der Waals surface area contributed by atoms with E-state index in [1.165, 1.54) is 11.8 Å². The number of thioether (sulfide) groups is 1. The van der Waals surface area contributed by atoms with Crippen LogP contribution < -0.4 is 4.72 Å². The summed E-state index contributed by atoms with van der Waals surface area (Å²) in [6.45, 7) is 7.42. The fraction of sp³-hybridized carbons (Fsp3) is 0.412. The van der Waals surface area contributed by atoms with Crippen LogP contribution in [0.4, 0.5) is 0 Å². The average molecular weight is 395 g/mol. The number of H-pyrrole nitrogens is 1. The van der Waals surface area contributed by atoms with E-state index in [1.54, 1.807) is 6.07 Å². The molecular formula is C17H22N4O3S2. The van der Waals surface area contributed by atoms with E-state index in [9.17, 15) is 8.42 Å². The number of nitrogens with zero attached hydrogens (tertiary/aromatic N) is 2. The molecule has 0 bridgehead atoms. The van der Waals surface area contributed by atoms with Crippen LogP contribution in [0.25, 0.3) is 22.2 Å². The third kappa shape index (κ3) is 3.38. The maximum Gasteiger partial charge on any atom is 0.243 e. The van der Waals surface area contributed by atoms with Crippen molar-refractivity contribution in [2.75, 3.05) is 6.26 Å². The van der Waals surface area contributed by atoms with Gasteiger partial charge in [-0.25, -0.2) is 18.1 Å². The molecule has 0 aliphatic carbocycles. The molecule has 1 aromatic carbocycles. The zero-order valence-corrected chi connectivity index (χ0v) is 17.0. The van der Waals surface area contributed by atoms with Crippen molar-refractivity contribution in [1.82, 2.24) is 19.8 Å². The van der Waals surface area contributed by atoms with Gasteiger partial charge in [-0.15, -0.1) is 0 Å². The molecule has 2 N–H and O–H groups in total. The van der Waals surface area contributed by atoms with Gasteiger partial charge in [0, 0.05) is 11.6 Å². The summed E-state index contributed by atoms with van der Waals surface area (Å²) in [7, 11) is -3.73. The lowest BCUT2D eigenvalue weighted by Gasteiger charge is -2.13. The average Bonchev–Trinajstić information content (AvgIpc) is 3.15. The number of benzene rings is 1. The lowest BCUT2D eigenvalue weighted by molar-refractivity contribution is 0.393. The predicted octanol–water partition coefficient (Wildman–Crippen LogP) is 3.63. The van der Waals surface area contributed by atoms with Crippen molar-refractivity contribution >= 4 is 32.8 Å². The van der Waals surface area contributed by atoms with Gasteiger partial charge < -0.3 is 9.51 Å². The van der Waals surface area contributed by atoms with E-state index >= 15 is 0 Å². The second-order valence-electron chi connectivity index (χ2n) is 6.25. The molecule has 0 amide bonds. The fourth-order valence-electron chi connectivity index (χ4n) is 2.82. The molecule has 0 saturated heterocycles. The van der Waals surface area contributed by atoms with Crippen LogP contribution in [0.3, 0.4) is 0 Å². The Morgan fingerprint density at radius 2 is 2.08 bits per heavy atom. The van der Waals surface area contributed by atoms with Gasteiger partial charge in [-0.3, -0.25) is 0 Å². The smallest absolute Gasteiger partial charge is 0.243 e. The van der Waals surface area contributed by atoms with Crippen LogP contribution in [0.5, 0.6) is 0 Å². The highest BCUT2D eigenvalue weighted by atomic mass is 32.2. The maximum atomic E-state index is 13.0. The lowest BCUT2D eigenvalue weighted by atomic mass is 10.0. The summed E-state index contributed by atoms with van der Waals surface area (Å²) in [5.41, 5.74) is 3.34. The molecule has 0 fully saturated rings. The monoisotopic (exact) mass is 394 g/mol. The molecule has 0 spiro atoms. The molecule has 2 heterocycles. The number of aromatic amines is 1. The molecule has 3 rings (SSSR count). The normalized spacial score (nSPS) is 13.4. The Bertz CT molecular complexity index is 1030. The van der Waals surface area contributed by atoms with E-state index < -0.39 is 10.0 Å². The van der Waals surface area contributed by atoms with Gasteiger partial charge in [0.15, 0.2) is 5.16 Å². The Hall–Kier alpha value is -1.84. The molecule has 1 atom stereocenters. The minimum absolute atomic E-state index is 0.154. The van der Waals surface area contributed by atoms with Gasteiger partial charge in [0.25, 0.3) is 0 Å². The summed E-state index contributed by atoms with van der Waals surface area (Å²) >= 11 is 1.43. The van der Waals surface area contributed by atoms with Crippen LogP contribution in [-0.4, -0.2) is 35.8 Å². The largest absolute Gasteiger partial charge is 0.361 e. The van der Waals surface area contributed by atoms with Crippen molar-refractivity contribution in [2.24, 2.45) is 0 Å². The minimum Gasteiger partial charge on any atom is -0.361 e. The topological polar surface area (TPSA) is 101 Å². The van der Waals surface area contributed by atoms with Crippen LogP contribution >= 0.6 is 11.8 Å². The predicted molar refractivity (Wildman–Crippen MR) is 103 cm³/mol. The van der Waals surface area contributed by atoms with Crippen molar-refractivity contribution in [3.8, 4) is 11.1 Å². The number of aryl methyl sites for hydroxylation is 2. The molecule has 1 unspecified atom stereocenters. The van der Waals surface area contributed by atoms with E-state index in [1.807, 2.05) is 40.0 Å². The Morgan fingerprint density at radius 3 is 2.65 bits per heavy atom. The van der Waals surface area contributed by atoms with Crippen molar-refractivity contribution in [3.05, 3.63) is 23.6 Å². The van der Waals surface area contributed by atoms with E-state index in [4.69, 9.17) is 4.52 Å². The molecule has 2 aromatic heterocycles. The highest BCUT2D eigenvalue weighted by molar-refractivity contribution is 7.98. The van der Waals surface area contributed by atoms with E-state index in [-0.39, 0.29) is 10.9 Å². The van der Waals surface area contributed by atoms with Gasteiger partial charge in [0.05, 0.1) is 11.2 Å². The maximum absolute atomic E-state index is 13.0. The molecule has 7 nitrogen and oxygen atoms in total.